The SMILES string of the molecule is O=C(O)c1ccc(C(O)C(O)CCO)cc1Cl. The van der Waals surface area contributed by atoms with Crippen LogP contribution in [0, 0.1) is 0 Å². The van der Waals surface area contributed by atoms with Crippen molar-refractivity contribution in [3.8, 4) is 0 Å². The first-order chi connectivity index (χ1) is 7.97. The van der Waals surface area contributed by atoms with Gasteiger partial charge in [0, 0.05) is 6.61 Å². The van der Waals surface area contributed by atoms with Gasteiger partial charge in [0.25, 0.3) is 0 Å². The van der Waals surface area contributed by atoms with Gasteiger partial charge in [-0.2, -0.15) is 0 Å². The van der Waals surface area contributed by atoms with E-state index in [0.29, 0.717) is 5.56 Å². The molecule has 0 radical (unpaired) electrons. The van der Waals surface area contributed by atoms with Crippen molar-refractivity contribution >= 4 is 17.6 Å². The molecule has 0 aromatic heterocycles. The van der Waals surface area contributed by atoms with E-state index in [9.17, 15) is 15.0 Å². The van der Waals surface area contributed by atoms with Crippen LogP contribution in [0.5, 0.6) is 0 Å². The molecule has 0 aliphatic carbocycles. The highest BCUT2D eigenvalue weighted by Gasteiger charge is 2.19. The summed E-state index contributed by atoms with van der Waals surface area (Å²) in [4.78, 5) is 10.7. The minimum absolute atomic E-state index is 0.00903. The van der Waals surface area contributed by atoms with Gasteiger partial charge in [-0.1, -0.05) is 17.7 Å². The summed E-state index contributed by atoms with van der Waals surface area (Å²) in [7, 11) is 0. The van der Waals surface area contributed by atoms with E-state index in [2.05, 4.69) is 0 Å². The van der Waals surface area contributed by atoms with Crippen LogP contribution in [0.3, 0.4) is 0 Å². The summed E-state index contributed by atoms with van der Waals surface area (Å²) in [6.45, 7) is -0.251. The standard InChI is InChI=1S/C11H13ClO5/c12-8-5-6(1-2-7(8)11(16)17)10(15)9(14)3-4-13/h1-2,5,9-10,13-15H,3-4H2,(H,16,17). The number of carboxylic acid groups (broad SMARTS) is 1. The number of aromatic carboxylic acids is 1. The zero-order valence-corrected chi connectivity index (χ0v) is 9.63. The molecule has 0 bridgehead atoms. The van der Waals surface area contributed by atoms with Gasteiger partial charge >= 0.3 is 5.97 Å². The second-order valence-corrected chi connectivity index (χ2v) is 3.98. The van der Waals surface area contributed by atoms with Gasteiger partial charge in [0.15, 0.2) is 0 Å². The molecule has 0 saturated carbocycles. The molecule has 0 fully saturated rings. The van der Waals surface area contributed by atoms with Crippen molar-refractivity contribution in [3.63, 3.8) is 0 Å². The van der Waals surface area contributed by atoms with Crippen molar-refractivity contribution < 1.29 is 25.2 Å². The van der Waals surface area contributed by atoms with E-state index in [1.807, 2.05) is 0 Å². The van der Waals surface area contributed by atoms with Crippen LogP contribution in [-0.2, 0) is 0 Å². The van der Waals surface area contributed by atoms with Crippen molar-refractivity contribution in [2.75, 3.05) is 6.61 Å². The molecule has 2 unspecified atom stereocenters. The smallest absolute Gasteiger partial charge is 0.337 e. The second kappa shape index (κ2) is 5.97. The van der Waals surface area contributed by atoms with E-state index in [-0.39, 0.29) is 23.6 Å². The van der Waals surface area contributed by atoms with Crippen molar-refractivity contribution in [2.24, 2.45) is 0 Å². The summed E-state index contributed by atoms with van der Waals surface area (Å²) >= 11 is 5.73. The second-order valence-electron chi connectivity index (χ2n) is 3.57. The minimum atomic E-state index is -1.21. The number of halogens is 1. The lowest BCUT2D eigenvalue weighted by atomic mass is 10.0. The van der Waals surface area contributed by atoms with Gasteiger partial charge in [-0.3, -0.25) is 0 Å². The third-order valence-corrected chi connectivity index (χ3v) is 2.67. The lowest BCUT2D eigenvalue weighted by Gasteiger charge is -2.17. The number of carboxylic acids is 1. The van der Waals surface area contributed by atoms with Crippen molar-refractivity contribution in [2.45, 2.75) is 18.6 Å². The number of benzene rings is 1. The normalized spacial score (nSPS) is 14.4. The minimum Gasteiger partial charge on any atom is -0.478 e. The number of aliphatic hydroxyl groups is 3. The molecule has 5 nitrogen and oxygen atoms in total. The van der Waals surface area contributed by atoms with Crippen LogP contribution in [0.4, 0.5) is 0 Å². The van der Waals surface area contributed by atoms with Gasteiger partial charge in [0.05, 0.1) is 16.7 Å². The highest BCUT2D eigenvalue weighted by Crippen LogP contribution is 2.24. The Morgan fingerprint density at radius 2 is 2.00 bits per heavy atom. The summed E-state index contributed by atoms with van der Waals surface area (Å²) in [5.41, 5.74) is 0.236. The van der Waals surface area contributed by atoms with Gasteiger partial charge in [-0.05, 0) is 24.1 Å². The van der Waals surface area contributed by atoms with Gasteiger partial charge in [-0.25, -0.2) is 4.79 Å². The molecule has 0 amide bonds. The number of aliphatic hydroxyl groups excluding tert-OH is 3. The Hall–Kier alpha value is -1.14. The average molecular weight is 261 g/mol. The number of carbonyl (C=O) groups is 1. The van der Waals surface area contributed by atoms with Crippen LogP contribution in [0.25, 0.3) is 0 Å². The largest absolute Gasteiger partial charge is 0.478 e. The molecule has 17 heavy (non-hydrogen) atoms. The fraction of sp³-hybridized carbons (Fsp3) is 0.364. The number of rotatable bonds is 5. The zero-order valence-electron chi connectivity index (χ0n) is 8.88. The lowest BCUT2D eigenvalue weighted by Crippen LogP contribution is -2.19. The summed E-state index contributed by atoms with van der Waals surface area (Å²) in [5.74, 6) is -1.16. The first-order valence-electron chi connectivity index (χ1n) is 4.97. The fourth-order valence-corrected chi connectivity index (χ4v) is 1.67. The maximum absolute atomic E-state index is 10.7. The highest BCUT2D eigenvalue weighted by molar-refractivity contribution is 6.33. The monoisotopic (exact) mass is 260 g/mol. The van der Waals surface area contributed by atoms with Crippen molar-refractivity contribution in [1.29, 1.82) is 0 Å². The third-order valence-electron chi connectivity index (χ3n) is 2.35. The molecule has 0 aliphatic heterocycles. The first-order valence-corrected chi connectivity index (χ1v) is 5.35. The molecule has 94 valence electrons. The predicted octanol–water partition coefficient (Wildman–Crippen LogP) is 0.815. The summed E-state index contributed by atoms with van der Waals surface area (Å²) in [6.07, 6.45) is -2.30. The van der Waals surface area contributed by atoms with Gasteiger partial charge in [0.1, 0.15) is 6.10 Å². The zero-order chi connectivity index (χ0) is 13.0. The van der Waals surface area contributed by atoms with Crippen LogP contribution in [0.2, 0.25) is 5.02 Å². The van der Waals surface area contributed by atoms with Crippen LogP contribution < -0.4 is 0 Å². The molecule has 1 aromatic carbocycles. The van der Waals surface area contributed by atoms with E-state index >= 15 is 0 Å². The Bertz CT molecular complexity index is 407. The van der Waals surface area contributed by atoms with E-state index in [1.165, 1.54) is 18.2 Å². The fourth-order valence-electron chi connectivity index (χ4n) is 1.40. The molecule has 1 rings (SSSR count). The maximum Gasteiger partial charge on any atom is 0.337 e. The molecule has 1 aromatic rings. The Labute approximate surface area is 103 Å². The Morgan fingerprint density at radius 1 is 1.35 bits per heavy atom. The van der Waals surface area contributed by atoms with Crippen molar-refractivity contribution in [1.82, 2.24) is 0 Å². The first kappa shape index (κ1) is 13.9. The topological polar surface area (TPSA) is 98.0 Å². The quantitative estimate of drug-likeness (QED) is 0.628. The Balaban J connectivity index is 2.93. The van der Waals surface area contributed by atoms with E-state index < -0.39 is 18.2 Å². The number of hydrogen-bond donors (Lipinski definition) is 4. The molecule has 6 heteroatoms. The Morgan fingerprint density at radius 3 is 2.47 bits per heavy atom. The van der Waals surface area contributed by atoms with Crippen LogP contribution in [0.1, 0.15) is 28.4 Å². The van der Waals surface area contributed by atoms with Gasteiger partial charge in [0.2, 0.25) is 0 Å². The molecule has 0 saturated heterocycles. The molecule has 0 aliphatic rings. The van der Waals surface area contributed by atoms with E-state index in [0.717, 1.165) is 0 Å². The molecule has 0 spiro atoms. The van der Waals surface area contributed by atoms with Gasteiger partial charge in [-0.15, -0.1) is 0 Å². The molecule has 0 heterocycles. The lowest BCUT2D eigenvalue weighted by molar-refractivity contribution is 0.00421. The molecule has 4 N–H and O–H groups in total. The van der Waals surface area contributed by atoms with E-state index in [4.69, 9.17) is 21.8 Å². The van der Waals surface area contributed by atoms with Crippen LogP contribution in [0.15, 0.2) is 18.2 Å². The third kappa shape index (κ3) is 3.41. The van der Waals surface area contributed by atoms with Crippen LogP contribution in [-0.4, -0.2) is 39.1 Å². The summed E-state index contributed by atoms with van der Waals surface area (Å²) < 4.78 is 0. The van der Waals surface area contributed by atoms with Gasteiger partial charge < -0.3 is 20.4 Å². The Kier molecular flexibility index (Phi) is 4.89. The highest BCUT2D eigenvalue weighted by atomic mass is 35.5. The summed E-state index contributed by atoms with van der Waals surface area (Å²) in [6, 6.07) is 3.92. The summed E-state index contributed by atoms with van der Waals surface area (Å²) in [5, 5.41) is 36.6. The maximum atomic E-state index is 10.7. The molecule has 2 atom stereocenters. The van der Waals surface area contributed by atoms with Crippen LogP contribution >= 0.6 is 11.6 Å². The predicted molar refractivity (Wildman–Crippen MR) is 61.1 cm³/mol. The van der Waals surface area contributed by atoms with Crippen molar-refractivity contribution in [3.05, 3.63) is 34.3 Å². The average Bonchev–Trinajstić information content (AvgIpc) is 2.27. The van der Waals surface area contributed by atoms with E-state index in [1.54, 1.807) is 0 Å². The number of hydrogen-bond acceptors (Lipinski definition) is 4. The molecular formula is C11H13ClO5. The molecular weight excluding hydrogens is 248 g/mol.